The average molecular weight is 348 g/mol. The van der Waals surface area contributed by atoms with Crippen LogP contribution in [0.15, 0.2) is 53.0 Å². The summed E-state index contributed by atoms with van der Waals surface area (Å²) in [5, 5.41) is 13.5. The molecular formula is C18H22BrNO. The van der Waals surface area contributed by atoms with E-state index in [2.05, 4.69) is 47.2 Å². The van der Waals surface area contributed by atoms with Gasteiger partial charge in [0.05, 0.1) is 6.10 Å². The standard InChI is InChI=1S/C18H22BrNO/c1-13(2)10-14-6-8-15(9-7-14)18(21)12-20-17-5-3-4-16(19)11-17/h3-9,11,13,18,20-21H,10,12H2,1-2H3. The van der Waals surface area contributed by atoms with Gasteiger partial charge < -0.3 is 10.4 Å². The van der Waals surface area contributed by atoms with Crippen LogP contribution in [0.4, 0.5) is 5.69 Å². The topological polar surface area (TPSA) is 32.3 Å². The van der Waals surface area contributed by atoms with E-state index in [4.69, 9.17) is 0 Å². The van der Waals surface area contributed by atoms with Gasteiger partial charge in [-0.05, 0) is 41.7 Å². The molecule has 3 heteroatoms. The first-order valence-corrected chi connectivity index (χ1v) is 8.10. The molecule has 1 unspecified atom stereocenters. The third-order valence-corrected chi connectivity index (χ3v) is 3.83. The van der Waals surface area contributed by atoms with Crippen molar-refractivity contribution in [2.45, 2.75) is 26.4 Å². The van der Waals surface area contributed by atoms with Crippen molar-refractivity contribution in [3.05, 3.63) is 64.1 Å². The average Bonchev–Trinajstić information content (AvgIpc) is 2.45. The molecule has 0 aromatic heterocycles. The number of hydrogen-bond acceptors (Lipinski definition) is 2. The number of nitrogens with one attached hydrogen (secondary N) is 1. The van der Waals surface area contributed by atoms with Gasteiger partial charge in [-0.3, -0.25) is 0 Å². The number of anilines is 1. The molecule has 1 atom stereocenters. The third kappa shape index (κ3) is 5.18. The zero-order valence-electron chi connectivity index (χ0n) is 12.5. The molecule has 21 heavy (non-hydrogen) atoms. The van der Waals surface area contributed by atoms with Crippen molar-refractivity contribution in [3.63, 3.8) is 0 Å². The number of aliphatic hydroxyl groups excluding tert-OH is 1. The molecule has 2 rings (SSSR count). The van der Waals surface area contributed by atoms with Crippen LogP contribution >= 0.6 is 15.9 Å². The molecule has 0 saturated heterocycles. The molecule has 0 saturated carbocycles. The lowest BCUT2D eigenvalue weighted by molar-refractivity contribution is 0.191. The van der Waals surface area contributed by atoms with Gasteiger partial charge in [0, 0.05) is 16.7 Å². The van der Waals surface area contributed by atoms with Gasteiger partial charge in [0.25, 0.3) is 0 Å². The molecule has 0 spiro atoms. The van der Waals surface area contributed by atoms with Gasteiger partial charge in [-0.15, -0.1) is 0 Å². The highest BCUT2D eigenvalue weighted by Crippen LogP contribution is 2.19. The molecule has 0 aliphatic heterocycles. The SMILES string of the molecule is CC(C)Cc1ccc(C(O)CNc2cccc(Br)c2)cc1. The Kier molecular flexibility index (Phi) is 5.83. The fourth-order valence-corrected chi connectivity index (χ4v) is 2.68. The van der Waals surface area contributed by atoms with E-state index >= 15 is 0 Å². The number of halogens is 1. The maximum Gasteiger partial charge on any atom is 0.0962 e. The molecule has 2 nitrogen and oxygen atoms in total. The second kappa shape index (κ2) is 7.62. The Hall–Kier alpha value is -1.32. The molecule has 0 heterocycles. The number of hydrogen-bond donors (Lipinski definition) is 2. The second-order valence-corrected chi connectivity index (χ2v) is 6.66. The van der Waals surface area contributed by atoms with E-state index in [1.165, 1.54) is 5.56 Å². The largest absolute Gasteiger partial charge is 0.387 e. The molecule has 2 aromatic rings. The zero-order valence-corrected chi connectivity index (χ0v) is 14.1. The first kappa shape index (κ1) is 16.1. The number of rotatable bonds is 6. The summed E-state index contributed by atoms with van der Waals surface area (Å²) >= 11 is 3.44. The molecule has 0 amide bonds. The summed E-state index contributed by atoms with van der Waals surface area (Å²) < 4.78 is 1.03. The number of aliphatic hydroxyl groups is 1. The first-order valence-electron chi connectivity index (χ1n) is 7.31. The maximum absolute atomic E-state index is 10.2. The summed E-state index contributed by atoms with van der Waals surface area (Å²) in [7, 11) is 0. The Balaban J connectivity index is 1.92. The quantitative estimate of drug-likeness (QED) is 0.786. The minimum Gasteiger partial charge on any atom is -0.387 e. The molecule has 0 aliphatic rings. The Morgan fingerprint density at radius 1 is 1.10 bits per heavy atom. The molecule has 112 valence electrons. The van der Waals surface area contributed by atoms with E-state index < -0.39 is 6.10 Å². The van der Waals surface area contributed by atoms with Crippen LogP contribution in [0.25, 0.3) is 0 Å². The van der Waals surface area contributed by atoms with E-state index in [1.807, 2.05) is 36.4 Å². The van der Waals surface area contributed by atoms with E-state index in [0.717, 1.165) is 22.1 Å². The van der Waals surface area contributed by atoms with Crippen LogP contribution in [0.1, 0.15) is 31.1 Å². The Morgan fingerprint density at radius 3 is 2.43 bits per heavy atom. The van der Waals surface area contributed by atoms with Gasteiger partial charge in [-0.1, -0.05) is 60.1 Å². The summed E-state index contributed by atoms with van der Waals surface area (Å²) in [6, 6.07) is 16.2. The van der Waals surface area contributed by atoms with Gasteiger partial charge in [0.2, 0.25) is 0 Å². The van der Waals surface area contributed by atoms with Gasteiger partial charge in [-0.2, -0.15) is 0 Å². The summed E-state index contributed by atoms with van der Waals surface area (Å²) in [6.45, 7) is 4.93. The fraction of sp³-hybridized carbons (Fsp3) is 0.333. The Morgan fingerprint density at radius 2 is 1.81 bits per heavy atom. The van der Waals surface area contributed by atoms with Crippen molar-refractivity contribution >= 4 is 21.6 Å². The lowest BCUT2D eigenvalue weighted by Crippen LogP contribution is -2.12. The Labute approximate surface area is 135 Å². The minimum atomic E-state index is -0.503. The van der Waals surface area contributed by atoms with Gasteiger partial charge in [0.15, 0.2) is 0 Å². The number of benzene rings is 2. The smallest absolute Gasteiger partial charge is 0.0962 e. The van der Waals surface area contributed by atoms with Gasteiger partial charge in [-0.25, -0.2) is 0 Å². The van der Waals surface area contributed by atoms with Crippen molar-refractivity contribution in [2.24, 2.45) is 5.92 Å². The molecule has 0 fully saturated rings. The van der Waals surface area contributed by atoms with Crippen molar-refractivity contribution in [1.29, 1.82) is 0 Å². The highest BCUT2D eigenvalue weighted by atomic mass is 79.9. The summed E-state index contributed by atoms with van der Waals surface area (Å²) in [6.07, 6.45) is 0.573. The van der Waals surface area contributed by atoms with Crippen LogP contribution in [0.3, 0.4) is 0 Å². The summed E-state index contributed by atoms with van der Waals surface area (Å²) in [5.41, 5.74) is 3.27. The van der Waals surface area contributed by atoms with Crippen LogP contribution < -0.4 is 5.32 Å². The lowest BCUT2D eigenvalue weighted by atomic mass is 10.0. The molecule has 2 N–H and O–H groups in total. The molecule has 0 aliphatic carbocycles. The third-order valence-electron chi connectivity index (χ3n) is 3.33. The van der Waals surface area contributed by atoms with Crippen molar-refractivity contribution in [2.75, 3.05) is 11.9 Å². The normalized spacial score (nSPS) is 12.4. The van der Waals surface area contributed by atoms with Crippen LogP contribution in [0.2, 0.25) is 0 Å². The molecular weight excluding hydrogens is 326 g/mol. The van der Waals surface area contributed by atoms with E-state index in [-0.39, 0.29) is 0 Å². The Bertz CT molecular complexity index is 566. The highest BCUT2D eigenvalue weighted by molar-refractivity contribution is 9.10. The van der Waals surface area contributed by atoms with Crippen molar-refractivity contribution in [1.82, 2.24) is 0 Å². The highest BCUT2D eigenvalue weighted by Gasteiger charge is 2.07. The monoisotopic (exact) mass is 347 g/mol. The predicted octanol–water partition coefficient (Wildman–Crippen LogP) is 4.79. The fourth-order valence-electron chi connectivity index (χ4n) is 2.28. The van der Waals surface area contributed by atoms with Crippen LogP contribution in [0.5, 0.6) is 0 Å². The molecule has 0 bridgehead atoms. The van der Waals surface area contributed by atoms with Gasteiger partial charge >= 0.3 is 0 Å². The van der Waals surface area contributed by atoms with Crippen molar-refractivity contribution < 1.29 is 5.11 Å². The molecule has 0 radical (unpaired) electrons. The summed E-state index contributed by atoms with van der Waals surface area (Å²) in [4.78, 5) is 0. The lowest BCUT2D eigenvalue weighted by Gasteiger charge is -2.14. The maximum atomic E-state index is 10.2. The van der Waals surface area contributed by atoms with Gasteiger partial charge in [0.1, 0.15) is 0 Å². The first-order chi connectivity index (χ1) is 10.0. The van der Waals surface area contributed by atoms with E-state index in [9.17, 15) is 5.11 Å². The van der Waals surface area contributed by atoms with E-state index in [1.54, 1.807) is 0 Å². The zero-order chi connectivity index (χ0) is 15.2. The van der Waals surface area contributed by atoms with Crippen molar-refractivity contribution in [3.8, 4) is 0 Å². The van der Waals surface area contributed by atoms with Crippen LogP contribution in [-0.2, 0) is 6.42 Å². The minimum absolute atomic E-state index is 0.500. The van der Waals surface area contributed by atoms with Crippen LogP contribution in [0, 0.1) is 5.92 Å². The predicted molar refractivity (Wildman–Crippen MR) is 92.6 cm³/mol. The van der Waals surface area contributed by atoms with Crippen LogP contribution in [-0.4, -0.2) is 11.7 Å². The second-order valence-electron chi connectivity index (χ2n) is 5.75. The molecule has 2 aromatic carbocycles. The summed E-state index contributed by atoms with van der Waals surface area (Å²) in [5.74, 6) is 0.652. The van der Waals surface area contributed by atoms with E-state index in [0.29, 0.717) is 12.5 Å².